The Balaban J connectivity index is 2.09. The Morgan fingerprint density at radius 2 is 2.04 bits per heavy atom. The number of carboxylic acid groups (broad SMARTS) is 1. The van der Waals surface area contributed by atoms with Crippen LogP contribution in [0.3, 0.4) is 0 Å². The molecule has 1 aromatic heterocycles. The number of hydrogen-bond acceptors (Lipinski definition) is 4. The van der Waals surface area contributed by atoms with Crippen LogP contribution in [-0.4, -0.2) is 32.6 Å². The smallest absolute Gasteiger partial charge is 0.326 e. The van der Waals surface area contributed by atoms with Crippen molar-refractivity contribution in [3.8, 4) is 0 Å². The molecule has 2 aromatic rings. The summed E-state index contributed by atoms with van der Waals surface area (Å²) in [7, 11) is 1.70. The van der Waals surface area contributed by atoms with Crippen molar-refractivity contribution in [2.75, 3.05) is 0 Å². The number of aliphatic carboxylic acids is 1. The minimum atomic E-state index is -1.01. The lowest BCUT2D eigenvalue weighted by Crippen LogP contribution is -2.45. The van der Waals surface area contributed by atoms with Crippen LogP contribution < -0.4 is 10.9 Å². The summed E-state index contributed by atoms with van der Waals surface area (Å²) in [6, 6.07) is 4.66. The van der Waals surface area contributed by atoms with Gasteiger partial charge in [0.25, 0.3) is 5.56 Å². The van der Waals surface area contributed by atoms with Gasteiger partial charge < -0.3 is 15.0 Å². The third-order valence-corrected chi connectivity index (χ3v) is 4.74. The Morgan fingerprint density at radius 3 is 2.65 bits per heavy atom. The molecule has 0 saturated carbocycles. The number of fused-ring (bicyclic) bond motifs is 1. The van der Waals surface area contributed by atoms with E-state index in [1.165, 1.54) is 0 Å². The van der Waals surface area contributed by atoms with E-state index in [1.54, 1.807) is 25.5 Å². The lowest BCUT2D eigenvalue weighted by Gasteiger charge is -2.20. The van der Waals surface area contributed by atoms with Crippen LogP contribution in [0.4, 0.5) is 0 Å². The maximum absolute atomic E-state index is 12.1. The molecule has 0 saturated heterocycles. The van der Waals surface area contributed by atoms with Crippen molar-refractivity contribution < 1.29 is 14.7 Å². The summed E-state index contributed by atoms with van der Waals surface area (Å²) in [6.45, 7) is 5.37. The molecule has 1 heterocycles. The first-order valence-electron chi connectivity index (χ1n) is 8.73. The molecule has 2 atom stereocenters. The molecule has 0 bridgehead atoms. The van der Waals surface area contributed by atoms with E-state index in [4.69, 9.17) is 0 Å². The fraction of sp³-hybridized carbons (Fsp3) is 0.474. The maximum atomic E-state index is 12.1. The van der Waals surface area contributed by atoms with E-state index in [9.17, 15) is 19.5 Å². The van der Waals surface area contributed by atoms with Crippen molar-refractivity contribution in [3.63, 3.8) is 0 Å². The highest BCUT2D eigenvalue weighted by molar-refractivity contribution is 5.84. The van der Waals surface area contributed by atoms with Gasteiger partial charge in [0.05, 0.1) is 11.0 Å². The predicted molar refractivity (Wildman–Crippen MR) is 99.1 cm³/mol. The van der Waals surface area contributed by atoms with Gasteiger partial charge in [-0.2, -0.15) is 0 Å². The molecule has 2 N–H and O–H groups in total. The molecule has 0 aliphatic carbocycles. The molecule has 0 radical (unpaired) electrons. The lowest BCUT2D eigenvalue weighted by molar-refractivity contribution is -0.143. The van der Waals surface area contributed by atoms with Gasteiger partial charge in [0.2, 0.25) is 5.91 Å². The number of rotatable bonds is 7. The number of aryl methyl sites for hydroxylation is 3. The number of nitrogens with one attached hydrogen (secondary N) is 1. The number of benzene rings is 1. The van der Waals surface area contributed by atoms with Crippen LogP contribution >= 0.6 is 0 Å². The van der Waals surface area contributed by atoms with Gasteiger partial charge in [-0.15, -0.1) is 0 Å². The second-order valence-corrected chi connectivity index (χ2v) is 6.65. The Bertz CT molecular complexity index is 888. The monoisotopic (exact) mass is 359 g/mol. The van der Waals surface area contributed by atoms with Crippen molar-refractivity contribution in [1.82, 2.24) is 14.9 Å². The zero-order chi connectivity index (χ0) is 19.4. The van der Waals surface area contributed by atoms with E-state index < -0.39 is 12.0 Å². The van der Waals surface area contributed by atoms with Crippen molar-refractivity contribution in [1.29, 1.82) is 0 Å². The highest BCUT2D eigenvalue weighted by Crippen LogP contribution is 2.14. The van der Waals surface area contributed by atoms with E-state index in [0.29, 0.717) is 24.1 Å². The van der Waals surface area contributed by atoms with Crippen LogP contribution in [0.1, 0.15) is 37.9 Å². The molecule has 0 spiro atoms. The number of carbonyl (C=O) groups excluding carboxylic acids is 1. The Labute approximate surface area is 152 Å². The molecule has 140 valence electrons. The van der Waals surface area contributed by atoms with Crippen LogP contribution in [0.15, 0.2) is 23.0 Å². The molecule has 2 rings (SSSR count). The van der Waals surface area contributed by atoms with Crippen molar-refractivity contribution in [3.05, 3.63) is 39.8 Å². The quantitative estimate of drug-likeness (QED) is 0.785. The third kappa shape index (κ3) is 4.28. The summed E-state index contributed by atoms with van der Waals surface area (Å²) in [6.07, 6.45) is 1.33. The highest BCUT2D eigenvalue weighted by atomic mass is 16.4. The molecule has 0 aliphatic rings. The van der Waals surface area contributed by atoms with Gasteiger partial charge in [0, 0.05) is 13.5 Å². The number of hydrogen-bond donors (Lipinski definition) is 2. The van der Waals surface area contributed by atoms with Crippen molar-refractivity contribution in [2.45, 2.75) is 46.1 Å². The van der Waals surface area contributed by atoms with Crippen LogP contribution in [0.5, 0.6) is 0 Å². The van der Waals surface area contributed by atoms with Gasteiger partial charge in [-0.25, -0.2) is 9.78 Å². The third-order valence-electron chi connectivity index (χ3n) is 4.74. The van der Waals surface area contributed by atoms with Gasteiger partial charge in [0.1, 0.15) is 11.7 Å². The zero-order valence-corrected chi connectivity index (χ0v) is 15.6. The fourth-order valence-electron chi connectivity index (χ4n) is 2.86. The molecule has 1 aromatic carbocycles. The summed E-state index contributed by atoms with van der Waals surface area (Å²) in [5.41, 5.74) is 2.64. The van der Waals surface area contributed by atoms with Crippen LogP contribution in [-0.2, 0) is 23.1 Å². The Kier molecular flexibility index (Phi) is 6.13. The fourth-order valence-corrected chi connectivity index (χ4v) is 2.86. The summed E-state index contributed by atoms with van der Waals surface area (Å²) in [5.74, 6) is -1.44. The minimum Gasteiger partial charge on any atom is -0.480 e. The van der Waals surface area contributed by atoms with Crippen LogP contribution in [0.2, 0.25) is 0 Å². The standard InChI is InChI=1S/C19H25N3O4/c1-5-11(2)17(19(25)26)21-16(23)9-7-13-6-8-15-14(10-13)20-12(3)18(24)22(15)4/h6,8,10-11,17H,5,7,9H2,1-4H3,(H,21,23)(H,25,26). The molecule has 0 aliphatic heterocycles. The SMILES string of the molecule is CCC(C)C(NC(=O)CCc1ccc2c(c1)nc(C)c(=O)n2C)C(=O)O. The summed E-state index contributed by atoms with van der Waals surface area (Å²) >= 11 is 0. The lowest BCUT2D eigenvalue weighted by atomic mass is 9.99. The summed E-state index contributed by atoms with van der Waals surface area (Å²) in [4.78, 5) is 39.7. The van der Waals surface area contributed by atoms with Crippen molar-refractivity contribution in [2.24, 2.45) is 13.0 Å². The molecule has 7 nitrogen and oxygen atoms in total. The number of carbonyl (C=O) groups is 2. The van der Waals surface area contributed by atoms with E-state index in [1.807, 2.05) is 25.1 Å². The Morgan fingerprint density at radius 1 is 1.35 bits per heavy atom. The van der Waals surface area contributed by atoms with Crippen LogP contribution in [0.25, 0.3) is 11.0 Å². The highest BCUT2D eigenvalue weighted by Gasteiger charge is 2.25. The van der Waals surface area contributed by atoms with Gasteiger partial charge in [-0.05, 0) is 37.0 Å². The number of carboxylic acids is 1. The zero-order valence-electron chi connectivity index (χ0n) is 15.6. The van der Waals surface area contributed by atoms with Gasteiger partial charge in [-0.1, -0.05) is 26.3 Å². The largest absolute Gasteiger partial charge is 0.480 e. The van der Waals surface area contributed by atoms with E-state index in [2.05, 4.69) is 10.3 Å². The molecule has 26 heavy (non-hydrogen) atoms. The molecule has 1 amide bonds. The molecular weight excluding hydrogens is 334 g/mol. The summed E-state index contributed by atoms with van der Waals surface area (Å²) < 4.78 is 1.55. The van der Waals surface area contributed by atoms with Crippen LogP contribution in [0, 0.1) is 12.8 Å². The van der Waals surface area contributed by atoms with Gasteiger partial charge in [0.15, 0.2) is 0 Å². The number of aromatic nitrogens is 2. The number of nitrogens with zero attached hydrogens (tertiary/aromatic N) is 2. The van der Waals surface area contributed by atoms with E-state index in [0.717, 1.165) is 11.1 Å². The van der Waals surface area contributed by atoms with Crippen molar-refractivity contribution >= 4 is 22.9 Å². The number of amides is 1. The topological polar surface area (TPSA) is 101 Å². The first-order valence-corrected chi connectivity index (χ1v) is 8.73. The second kappa shape index (κ2) is 8.12. The Hall–Kier alpha value is -2.70. The summed E-state index contributed by atoms with van der Waals surface area (Å²) in [5, 5.41) is 11.9. The maximum Gasteiger partial charge on any atom is 0.326 e. The molecule has 7 heteroatoms. The normalized spacial score (nSPS) is 13.4. The van der Waals surface area contributed by atoms with E-state index in [-0.39, 0.29) is 23.8 Å². The second-order valence-electron chi connectivity index (χ2n) is 6.65. The van der Waals surface area contributed by atoms with E-state index >= 15 is 0 Å². The minimum absolute atomic E-state index is 0.130. The average Bonchev–Trinajstić information content (AvgIpc) is 2.61. The first kappa shape index (κ1) is 19.6. The average molecular weight is 359 g/mol. The van der Waals surface area contributed by atoms with Gasteiger partial charge >= 0.3 is 5.97 Å². The first-order chi connectivity index (χ1) is 12.2. The predicted octanol–water partition coefficient (Wildman–Crippen LogP) is 1.79. The molecular formula is C19H25N3O4. The van der Waals surface area contributed by atoms with Gasteiger partial charge in [-0.3, -0.25) is 9.59 Å². The molecule has 0 fully saturated rings. The molecule has 2 unspecified atom stereocenters.